The predicted molar refractivity (Wildman–Crippen MR) is 95.0 cm³/mol. The van der Waals surface area contributed by atoms with Crippen molar-refractivity contribution in [2.75, 3.05) is 13.1 Å². The summed E-state index contributed by atoms with van der Waals surface area (Å²) >= 11 is 0.928. The molecule has 1 aromatic heterocycles. The number of amides is 1. The Hall–Kier alpha value is -1.84. The van der Waals surface area contributed by atoms with Crippen LogP contribution in [0.1, 0.15) is 49.7 Å². The summed E-state index contributed by atoms with van der Waals surface area (Å²) in [6, 6.07) is 0.220. The molecule has 2 rings (SSSR count). The molecule has 1 aromatic rings. The molecule has 0 aliphatic heterocycles. The molecule has 0 unspecified atom stereocenters. The van der Waals surface area contributed by atoms with E-state index in [1.54, 1.807) is 0 Å². The highest BCUT2D eigenvalue weighted by molar-refractivity contribution is 7.09. The van der Waals surface area contributed by atoms with E-state index < -0.39 is 11.9 Å². The van der Waals surface area contributed by atoms with E-state index in [1.165, 1.54) is 6.42 Å². The molecule has 1 saturated carbocycles. The van der Waals surface area contributed by atoms with Gasteiger partial charge in [-0.05, 0) is 19.8 Å². The van der Waals surface area contributed by atoms with Crippen LogP contribution >= 0.6 is 11.3 Å². The summed E-state index contributed by atoms with van der Waals surface area (Å²) in [5.41, 5.74) is -0.895. The number of thiazole rings is 1. The number of hydrogen-bond donors (Lipinski definition) is 3. The molecule has 0 radical (unpaired) electrons. The molecule has 1 amide bonds. The molecule has 0 bridgehead atoms. The number of carbonyl (C=O) groups excluding carboxylic acids is 1. The van der Waals surface area contributed by atoms with Gasteiger partial charge in [-0.3, -0.25) is 4.79 Å². The Bertz CT molecular complexity index is 611. The standard InChI is InChI=1S/C16H24F3N5OS/c1-2-20-15(21-8-13(25)23-11-6-4-3-5-7-11)22-9-14-24-12(10-26-14)16(17,18)19/h10-11H,2-9H2,1H3,(H,23,25)(H2,20,21,22). The lowest BCUT2D eigenvalue weighted by Crippen LogP contribution is -2.40. The van der Waals surface area contributed by atoms with Gasteiger partial charge in [0.25, 0.3) is 0 Å². The van der Waals surface area contributed by atoms with Gasteiger partial charge in [0, 0.05) is 18.0 Å². The van der Waals surface area contributed by atoms with E-state index in [2.05, 4.69) is 25.9 Å². The zero-order chi connectivity index (χ0) is 19.0. The van der Waals surface area contributed by atoms with Crippen LogP contribution < -0.4 is 16.0 Å². The topological polar surface area (TPSA) is 78.4 Å². The SMILES string of the molecule is CCNC(=NCC(=O)NC1CCCCC1)NCc1nc(C(F)(F)F)cs1. The zero-order valence-corrected chi connectivity index (χ0v) is 15.5. The summed E-state index contributed by atoms with van der Waals surface area (Å²) in [5, 5.41) is 10.1. The molecule has 3 N–H and O–H groups in total. The maximum Gasteiger partial charge on any atom is 0.434 e. The van der Waals surface area contributed by atoms with Gasteiger partial charge in [-0.1, -0.05) is 19.3 Å². The van der Waals surface area contributed by atoms with Gasteiger partial charge in [0.05, 0.1) is 6.54 Å². The average molecular weight is 391 g/mol. The average Bonchev–Trinajstić information content (AvgIpc) is 3.08. The fourth-order valence-corrected chi connectivity index (χ4v) is 3.44. The van der Waals surface area contributed by atoms with Crippen molar-refractivity contribution in [3.63, 3.8) is 0 Å². The first-order valence-corrected chi connectivity index (χ1v) is 9.59. The number of carbonyl (C=O) groups is 1. The molecule has 0 spiro atoms. The molecule has 0 atom stereocenters. The molecule has 0 aromatic carbocycles. The maximum absolute atomic E-state index is 12.6. The molecule has 146 valence electrons. The van der Waals surface area contributed by atoms with Gasteiger partial charge in [0.2, 0.25) is 5.91 Å². The fraction of sp³-hybridized carbons (Fsp3) is 0.688. The number of aliphatic imine (C=N–C) groups is 1. The summed E-state index contributed by atoms with van der Waals surface area (Å²) in [6.07, 6.45) is 1.04. The number of guanidine groups is 1. The molecule has 1 aliphatic rings. The number of aromatic nitrogens is 1. The second-order valence-electron chi connectivity index (χ2n) is 6.08. The fourth-order valence-electron chi connectivity index (χ4n) is 2.69. The normalized spacial score (nSPS) is 16.4. The van der Waals surface area contributed by atoms with Crippen LogP contribution in [0.5, 0.6) is 0 Å². The minimum absolute atomic E-state index is 0.0303. The summed E-state index contributed by atoms with van der Waals surface area (Å²) in [5.74, 6) is 0.220. The minimum atomic E-state index is -4.44. The van der Waals surface area contributed by atoms with Crippen molar-refractivity contribution in [2.24, 2.45) is 4.99 Å². The highest BCUT2D eigenvalue weighted by Crippen LogP contribution is 2.29. The lowest BCUT2D eigenvalue weighted by molar-refractivity contribution is -0.140. The Labute approximate surface area is 154 Å². The number of nitrogens with one attached hydrogen (secondary N) is 3. The number of halogens is 3. The van der Waals surface area contributed by atoms with Gasteiger partial charge in [-0.25, -0.2) is 9.98 Å². The minimum Gasteiger partial charge on any atom is -0.357 e. The maximum atomic E-state index is 12.6. The first kappa shape index (κ1) is 20.5. The molecule has 26 heavy (non-hydrogen) atoms. The van der Waals surface area contributed by atoms with Gasteiger partial charge in [0.1, 0.15) is 11.6 Å². The van der Waals surface area contributed by atoms with Crippen molar-refractivity contribution in [1.29, 1.82) is 0 Å². The first-order chi connectivity index (χ1) is 12.4. The first-order valence-electron chi connectivity index (χ1n) is 8.71. The molecule has 1 aliphatic carbocycles. The van der Waals surface area contributed by atoms with Crippen LogP contribution in [-0.2, 0) is 17.5 Å². The Balaban J connectivity index is 1.83. The molecule has 10 heteroatoms. The lowest BCUT2D eigenvalue weighted by Gasteiger charge is -2.22. The third-order valence-electron chi connectivity index (χ3n) is 3.94. The second-order valence-corrected chi connectivity index (χ2v) is 7.02. The molecular weight excluding hydrogens is 367 g/mol. The number of alkyl halides is 3. The molecule has 1 heterocycles. The summed E-state index contributed by atoms with van der Waals surface area (Å²) in [4.78, 5) is 19.7. The molecular formula is C16H24F3N5OS. The second kappa shape index (κ2) is 9.75. The van der Waals surface area contributed by atoms with Gasteiger partial charge in [-0.15, -0.1) is 11.3 Å². The van der Waals surface area contributed by atoms with Crippen LogP contribution in [0.2, 0.25) is 0 Å². The molecule has 0 saturated heterocycles. The monoisotopic (exact) mass is 391 g/mol. The Morgan fingerprint density at radius 2 is 2.04 bits per heavy atom. The quantitative estimate of drug-likeness (QED) is 0.515. The third-order valence-corrected chi connectivity index (χ3v) is 4.79. The van der Waals surface area contributed by atoms with Crippen LogP contribution in [0.25, 0.3) is 0 Å². The van der Waals surface area contributed by atoms with Crippen molar-refractivity contribution in [3.05, 3.63) is 16.1 Å². The van der Waals surface area contributed by atoms with Crippen LogP contribution in [0.15, 0.2) is 10.4 Å². The van der Waals surface area contributed by atoms with Crippen molar-refractivity contribution < 1.29 is 18.0 Å². The predicted octanol–water partition coefficient (Wildman–Crippen LogP) is 2.67. The van der Waals surface area contributed by atoms with Crippen molar-refractivity contribution >= 4 is 23.2 Å². The lowest BCUT2D eigenvalue weighted by atomic mass is 9.95. The summed E-state index contributed by atoms with van der Waals surface area (Å²) in [7, 11) is 0. The van der Waals surface area contributed by atoms with E-state index >= 15 is 0 Å². The Morgan fingerprint density at radius 3 is 2.65 bits per heavy atom. The van der Waals surface area contributed by atoms with Crippen LogP contribution in [0, 0.1) is 0 Å². The van der Waals surface area contributed by atoms with E-state index in [1.807, 2.05) is 6.92 Å². The molecule has 1 fully saturated rings. The van der Waals surface area contributed by atoms with Gasteiger partial charge in [0.15, 0.2) is 11.7 Å². The van der Waals surface area contributed by atoms with Crippen LogP contribution in [-0.4, -0.2) is 36.0 Å². The van der Waals surface area contributed by atoms with E-state index in [0.717, 1.165) is 42.4 Å². The molecule has 6 nitrogen and oxygen atoms in total. The van der Waals surface area contributed by atoms with Gasteiger partial charge >= 0.3 is 6.18 Å². The highest BCUT2D eigenvalue weighted by atomic mass is 32.1. The van der Waals surface area contributed by atoms with Crippen LogP contribution in [0.3, 0.4) is 0 Å². The number of hydrogen-bond acceptors (Lipinski definition) is 4. The van der Waals surface area contributed by atoms with Crippen LogP contribution in [0.4, 0.5) is 13.2 Å². The smallest absolute Gasteiger partial charge is 0.357 e. The van der Waals surface area contributed by atoms with Gasteiger partial charge in [-0.2, -0.15) is 13.2 Å². The zero-order valence-electron chi connectivity index (χ0n) is 14.7. The number of rotatable bonds is 6. The summed E-state index contributed by atoms with van der Waals surface area (Å²) in [6.45, 7) is 2.51. The summed E-state index contributed by atoms with van der Waals surface area (Å²) < 4.78 is 37.7. The van der Waals surface area contributed by atoms with E-state index in [-0.39, 0.29) is 25.0 Å². The Kier molecular flexibility index (Phi) is 7.67. The van der Waals surface area contributed by atoms with Crippen molar-refractivity contribution in [1.82, 2.24) is 20.9 Å². The number of nitrogens with zero attached hydrogens (tertiary/aromatic N) is 2. The Morgan fingerprint density at radius 1 is 1.31 bits per heavy atom. The largest absolute Gasteiger partial charge is 0.434 e. The highest BCUT2D eigenvalue weighted by Gasteiger charge is 2.33. The van der Waals surface area contributed by atoms with Crippen molar-refractivity contribution in [3.8, 4) is 0 Å². The van der Waals surface area contributed by atoms with Gasteiger partial charge < -0.3 is 16.0 Å². The van der Waals surface area contributed by atoms with Crippen molar-refractivity contribution in [2.45, 2.75) is 57.8 Å². The van der Waals surface area contributed by atoms with E-state index in [4.69, 9.17) is 0 Å². The third kappa shape index (κ3) is 6.81. The van der Waals surface area contributed by atoms with E-state index in [9.17, 15) is 18.0 Å². The van der Waals surface area contributed by atoms with E-state index in [0.29, 0.717) is 17.5 Å².